The molecule has 0 aromatic heterocycles. The second-order valence-corrected chi connectivity index (χ2v) is 6.25. The summed E-state index contributed by atoms with van der Waals surface area (Å²) in [4.78, 5) is 0. The Labute approximate surface area is 94.3 Å². The number of halogens is 6. The van der Waals surface area contributed by atoms with Crippen molar-refractivity contribution in [2.45, 2.75) is 13.0 Å². The van der Waals surface area contributed by atoms with E-state index in [0.717, 1.165) is 0 Å². The molecule has 0 bridgehead atoms. The summed E-state index contributed by atoms with van der Waals surface area (Å²) in [6.45, 7) is 0. The molecule has 1 aliphatic carbocycles. The van der Waals surface area contributed by atoms with Gasteiger partial charge in [-0.1, -0.05) is 69.6 Å². The summed E-state index contributed by atoms with van der Waals surface area (Å²) in [5.41, 5.74) is 0. The van der Waals surface area contributed by atoms with Crippen molar-refractivity contribution in [2.75, 3.05) is 0 Å². The van der Waals surface area contributed by atoms with E-state index in [1.54, 1.807) is 0 Å². The molecule has 0 fully saturated rings. The molecule has 0 unspecified atom stereocenters. The first-order chi connectivity index (χ1) is 4.71. The highest BCUT2D eigenvalue weighted by Gasteiger charge is 2.62. The van der Waals surface area contributed by atoms with Crippen LogP contribution in [0.4, 0.5) is 0 Å². The van der Waals surface area contributed by atoms with E-state index in [9.17, 15) is 0 Å². The summed E-state index contributed by atoms with van der Waals surface area (Å²) in [7, 11) is 0. The van der Waals surface area contributed by atoms with Gasteiger partial charge in [0.2, 0.25) is 0 Å². The van der Waals surface area contributed by atoms with Gasteiger partial charge in [-0.3, -0.25) is 0 Å². The molecule has 0 saturated carbocycles. The molecule has 0 aromatic carbocycles. The van der Waals surface area contributed by atoms with Crippen LogP contribution in [0.15, 0.2) is 12.2 Å². The van der Waals surface area contributed by atoms with Crippen LogP contribution < -0.4 is 0 Å². The standard InChI is InChI=1S/C5H2Cl6/c6-3(7)1-2-4(8,9)5(3,10)11/h1-2H. The van der Waals surface area contributed by atoms with Crippen LogP contribution in [0.1, 0.15) is 0 Å². The number of hydrogen-bond donors (Lipinski definition) is 0. The van der Waals surface area contributed by atoms with Gasteiger partial charge in [-0.15, -0.1) is 0 Å². The number of alkyl halides is 6. The molecule has 0 aromatic rings. The summed E-state index contributed by atoms with van der Waals surface area (Å²) >= 11 is 34.2. The molecule has 0 spiro atoms. The van der Waals surface area contributed by atoms with Crippen LogP contribution in [0.3, 0.4) is 0 Å². The molecule has 0 nitrogen and oxygen atoms in total. The van der Waals surface area contributed by atoms with Crippen molar-refractivity contribution < 1.29 is 0 Å². The third-order valence-electron chi connectivity index (χ3n) is 1.34. The molecule has 11 heavy (non-hydrogen) atoms. The lowest BCUT2D eigenvalue weighted by Crippen LogP contribution is -2.42. The highest BCUT2D eigenvalue weighted by atomic mass is 35.5. The van der Waals surface area contributed by atoms with E-state index in [1.165, 1.54) is 12.2 Å². The number of rotatable bonds is 0. The molecule has 0 radical (unpaired) electrons. The fourth-order valence-corrected chi connectivity index (χ4v) is 1.93. The van der Waals surface area contributed by atoms with Crippen LogP contribution in [-0.2, 0) is 0 Å². The molecular formula is C5H2Cl6. The van der Waals surface area contributed by atoms with Crippen molar-refractivity contribution in [3.05, 3.63) is 12.2 Å². The van der Waals surface area contributed by atoms with Crippen molar-refractivity contribution in [2.24, 2.45) is 0 Å². The van der Waals surface area contributed by atoms with E-state index in [-0.39, 0.29) is 0 Å². The van der Waals surface area contributed by atoms with E-state index in [0.29, 0.717) is 0 Å². The predicted molar refractivity (Wildman–Crippen MR) is 52.5 cm³/mol. The first kappa shape index (κ1) is 10.6. The lowest BCUT2D eigenvalue weighted by Gasteiger charge is -2.31. The van der Waals surface area contributed by atoms with E-state index in [4.69, 9.17) is 69.6 Å². The van der Waals surface area contributed by atoms with Crippen LogP contribution in [0, 0.1) is 0 Å². The molecule has 6 heteroatoms. The van der Waals surface area contributed by atoms with Crippen LogP contribution >= 0.6 is 69.6 Å². The molecule has 0 atom stereocenters. The first-order valence-corrected chi connectivity index (χ1v) is 4.81. The molecule has 0 aliphatic heterocycles. The zero-order valence-electron chi connectivity index (χ0n) is 4.92. The van der Waals surface area contributed by atoms with Gasteiger partial charge in [-0.25, -0.2) is 0 Å². The third kappa shape index (κ3) is 1.47. The maximum atomic E-state index is 5.73. The molecule has 0 heterocycles. The van der Waals surface area contributed by atoms with Gasteiger partial charge in [0.25, 0.3) is 0 Å². The van der Waals surface area contributed by atoms with E-state index in [2.05, 4.69) is 0 Å². The lowest BCUT2D eigenvalue weighted by molar-refractivity contribution is 0.772. The van der Waals surface area contributed by atoms with Gasteiger partial charge in [0.05, 0.1) is 0 Å². The largest absolute Gasteiger partial charge is 0.190 e. The third-order valence-corrected chi connectivity index (χ3v) is 4.94. The monoisotopic (exact) mass is 272 g/mol. The van der Waals surface area contributed by atoms with Crippen LogP contribution in [0.5, 0.6) is 0 Å². The van der Waals surface area contributed by atoms with Crippen molar-refractivity contribution in [1.29, 1.82) is 0 Å². The Kier molecular flexibility index (Phi) is 2.62. The van der Waals surface area contributed by atoms with Gasteiger partial charge < -0.3 is 0 Å². The minimum atomic E-state index is -1.62. The SMILES string of the molecule is ClC1(Cl)C=CC(Cl)(Cl)C1(Cl)Cl. The minimum Gasteiger partial charge on any atom is -0.0941 e. The first-order valence-electron chi connectivity index (χ1n) is 2.54. The fourth-order valence-electron chi connectivity index (χ4n) is 0.641. The fraction of sp³-hybridized carbons (Fsp3) is 0.600. The Morgan fingerprint density at radius 1 is 0.636 bits per heavy atom. The van der Waals surface area contributed by atoms with E-state index >= 15 is 0 Å². The minimum absolute atomic E-state index is 1.36. The number of allylic oxidation sites excluding steroid dienone is 2. The average Bonchev–Trinajstić information content (AvgIpc) is 1.93. The highest BCUT2D eigenvalue weighted by Crippen LogP contribution is 2.59. The smallest absolute Gasteiger partial charge is 0.0941 e. The van der Waals surface area contributed by atoms with Crippen LogP contribution in [0.25, 0.3) is 0 Å². The quantitative estimate of drug-likeness (QED) is 0.461. The Morgan fingerprint density at radius 3 is 1.00 bits per heavy atom. The van der Waals surface area contributed by atoms with Crippen LogP contribution in [0.2, 0.25) is 0 Å². The number of hydrogen-bond acceptors (Lipinski definition) is 0. The van der Waals surface area contributed by atoms with Crippen LogP contribution in [-0.4, -0.2) is 13.0 Å². The molecule has 0 amide bonds. The topological polar surface area (TPSA) is 0 Å². The van der Waals surface area contributed by atoms with Gasteiger partial charge in [0, 0.05) is 0 Å². The van der Waals surface area contributed by atoms with Gasteiger partial charge in [0.15, 0.2) is 13.0 Å². The van der Waals surface area contributed by atoms with Gasteiger partial charge in [-0.05, 0) is 12.2 Å². The summed E-state index contributed by atoms with van der Waals surface area (Å²) in [6.07, 6.45) is 2.71. The summed E-state index contributed by atoms with van der Waals surface area (Å²) < 4.78 is -4.51. The second kappa shape index (κ2) is 2.73. The van der Waals surface area contributed by atoms with E-state index in [1.807, 2.05) is 0 Å². The Morgan fingerprint density at radius 2 is 0.909 bits per heavy atom. The Balaban J connectivity index is 3.09. The molecule has 1 aliphatic rings. The summed E-state index contributed by atoms with van der Waals surface area (Å²) in [6, 6.07) is 0. The molecule has 0 saturated heterocycles. The van der Waals surface area contributed by atoms with Gasteiger partial charge >= 0.3 is 0 Å². The van der Waals surface area contributed by atoms with Crippen molar-refractivity contribution in [3.8, 4) is 0 Å². The van der Waals surface area contributed by atoms with Crippen molar-refractivity contribution >= 4 is 69.6 Å². The molecular weight excluding hydrogens is 273 g/mol. The van der Waals surface area contributed by atoms with Gasteiger partial charge in [-0.2, -0.15) is 0 Å². The molecule has 64 valence electrons. The van der Waals surface area contributed by atoms with Crippen molar-refractivity contribution in [3.63, 3.8) is 0 Å². The highest BCUT2D eigenvalue weighted by molar-refractivity contribution is 6.71. The molecule has 0 N–H and O–H groups in total. The summed E-state index contributed by atoms with van der Waals surface area (Å²) in [5, 5.41) is 0. The Hall–Kier alpha value is 1.48. The second-order valence-electron chi connectivity index (χ2n) is 2.15. The van der Waals surface area contributed by atoms with Crippen molar-refractivity contribution in [1.82, 2.24) is 0 Å². The van der Waals surface area contributed by atoms with Gasteiger partial charge in [0.1, 0.15) is 0 Å². The predicted octanol–water partition coefficient (Wildman–Crippen LogP) is 4.08. The maximum Gasteiger partial charge on any atom is 0.190 e. The van der Waals surface area contributed by atoms with E-state index < -0.39 is 13.0 Å². The zero-order chi connectivity index (χ0) is 8.91. The average molecular weight is 275 g/mol. The maximum absolute atomic E-state index is 5.73. The normalized spacial score (nSPS) is 30.7. The lowest BCUT2D eigenvalue weighted by atomic mass is 10.3. The summed E-state index contributed by atoms with van der Waals surface area (Å²) in [5.74, 6) is 0. The zero-order valence-corrected chi connectivity index (χ0v) is 9.46. The molecule has 1 rings (SSSR count). The Bertz CT molecular complexity index is 183.